The van der Waals surface area contributed by atoms with Crippen LogP contribution in [-0.4, -0.2) is 0 Å². The van der Waals surface area contributed by atoms with Gasteiger partial charge in [0.05, 0.1) is 11.6 Å². The van der Waals surface area contributed by atoms with Crippen molar-refractivity contribution in [3.8, 4) is 0 Å². The van der Waals surface area contributed by atoms with Crippen molar-refractivity contribution in [2.24, 2.45) is 5.92 Å². The Bertz CT molecular complexity index is 1050. The Kier molecular flexibility index (Phi) is 3.58. The number of nitrogens with one attached hydrogen (secondary N) is 1. The maximum Gasteiger partial charge on any atom is 0.416 e. The molecule has 0 unspecified atom stereocenters. The van der Waals surface area contributed by atoms with Crippen LogP contribution in [0.5, 0.6) is 0 Å². The molecule has 0 bridgehead atoms. The Morgan fingerprint density at radius 3 is 2.48 bits per heavy atom. The average molecular weight is 365 g/mol. The maximum atomic E-state index is 13.7. The fourth-order valence-electron chi connectivity index (χ4n) is 4.67. The standard InChI is InChI=1S/C23H18F3N/c24-23(25,26)20-11-4-3-8-19(20)22-17-10-5-9-16(17)18-13-12-14-6-1-2-7-15(14)21(18)27-22/h1-9,11-13,16-17,22,27H,10H2/t16-,17-,22-/m1/s1. The summed E-state index contributed by atoms with van der Waals surface area (Å²) in [4.78, 5) is 0. The van der Waals surface area contributed by atoms with E-state index in [2.05, 4.69) is 29.6 Å². The molecule has 0 aromatic heterocycles. The molecule has 136 valence electrons. The highest BCUT2D eigenvalue weighted by Crippen LogP contribution is 2.52. The van der Waals surface area contributed by atoms with Gasteiger partial charge in [-0.1, -0.05) is 66.7 Å². The molecular formula is C23H18F3N. The topological polar surface area (TPSA) is 12.0 Å². The molecule has 3 atom stereocenters. The van der Waals surface area contributed by atoms with Gasteiger partial charge in [-0.25, -0.2) is 0 Å². The number of alkyl halides is 3. The van der Waals surface area contributed by atoms with Crippen LogP contribution in [0.2, 0.25) is 0 Å². The lowest BCUT2D eigenvalue weighted by Gasteiger charge is -2.39. The Balaban J connectivity index is 1.71. The second-order valence-corrected chi connectivity index (χ2v) is 7.31. The second kappa shape index (κ2) is 5.88. The van der Waals surface area contributed by atoms with E-state index in [0.717, 1.165) is 22.9 Å². The Morgan fingerprint density at radius 1 is 0.852 bits per heavy atom. The molecule has 1 nitrogen and oxygen atoms in total. The van der Waals surface area contributed by atoms with Crippen LogP contribution in [0.25, 0.3) is 10.8 Å². The Morgan fingerprint density at radius 2 is 1.63 bits per heavy atom. The molecule has 0 radical (unpaired) electrons. The second-order valence-electron chi connectivity index (χ2n) is 7.31. The molecule has 1 heterocycles. The van der Waals surface area contributed by atoms with Gasteiger partial charge in [-0.15, -0.1) is 0 Å². The first kappa shape index (κ1) is 16.4. The van der Waals surface area contributed by atoms with E-state index < -0.39 is 11.7 Å². The number of rotatable bonds is 1. The predicted octanol–water partition coefficient (Wildman–Crippen LogP) is 6.69. The highest BCUT2D eigenvalue weighted by molar-refractivity contribution is 5.96. The van der Waals surface area contributed by atoms with Gasteiger partial charge < -0.3 is 5.32 Å². The van der Waals surface area contributed by atoms with Crippen LogP contribution in [0, 0.1) is 5.92 Å². The van der Waals surface area contributed by atoms with Gasteiger partial charge in [0.2, 0.25) is 0 Å². The quantitative estimate of drug-likeness (QED) is 0.474. The van der Waals surface area contributed by atoms with E-state index in [-0.39, 0.29) is 17.9 Å². The molecular weight excluding hydrogens is 347 g/mol. The van der Waals surface area contributed by atoms with E-state index >= 15 is 0 Å². The number of anilines is 1. The van der Waals surface area contributed by atoms with Crippen LogP contribution in [0.15, 0.2) is 72.8 Å². The normalized spacial score (nSPS) is 23.7. The largest absolute Gasteiger partial charge is 0.416 e. The van der Waals surface area contributed by atoms with Crippen molar-refractivity contribution in [1.82, 2.24) is 0 Å². The molecule has 3 aromatic carbocycles. The number of benzene rings is 3. The summed E-state index contributed by atoms with van der Waals surface area (Å²) in [5, 5.41) is 5.65. The minimum Gasteiger partial charge on any atom is -0.377 e. The molecule has 1 N–H and O–H groups in total. The van der Waals surface area contributed by atoms with Crippen molar-refractivity contribution < 1.29 is 13.2 Å². The first-order valence-corrected chi connectivity index (χ1v) is 9.15. The summed E-state index contributed by atoms with van der Waals surface area (Å²) in [7, 11) is 0. The van der Waals surface area contributed by atoms with Gasteiger partial charge in [0.15, 0.2) is 0 Å². The van der Waals surface area contributed by atoms with Crippen molar-refractivity contribution >= 4 is 16.5 Å². The van der Waals surface area contributed by atoms with Crippen LogP contribution in [0.1, 0.15) is 35.1 Å². The van der Waals surface area contributed by atoms with E-state index in [9.17, 15) is 13.2 Å². The highest BCUT2D eigenvalue weighted by Gasteiger charge is 2.42. The van der Waals surface area contributed by atoms with Gasteiger partial charge >= 0.3 is 6.18 Å². The summed E-state index contributed by atoms with van der Waals surface area (Å²) in [6, 6.07) is 17.8. The molecule has 4 heteroatoms. The minimum absolute atomic E-state index is 0.0853. The highest BCUT2D eigenvalue weighted by atomic mass is 19.4. The SMILES string of the molecule is FC(F)(F)c1ccccc1[C@@H]1Nc2c(ccc3ccccc23)[C@@H]2C=CC[C@H]21. The van der Waals surface area contributed by atoms with Gasteiger partial charge in [-0.2, -0.15) is 13.2 Å². The summed E-state index contributed by atoms with van der Waals surface area (Å²) in [6.45, 7) is 0. The third-order valence-corrected chi connectivity index (χ3v) is 5.86. The molecule has 0 spiro atoms. The van der Waals surface area contributed by atoms with Gasteiger partial charge in [0.25, 0.3) is 0 Å². The van der Waals surface area contributed by atoms with Crippen LogP contribution < -0.4 is 5.32 Å². The molecule has 0 fully saturated rings. The number of hydrogen-bond acceptors (Lipinski definition) is 1. The Hall–Kier alpha value is -2.75. The lowest BCUT2D eigenvalue weighted by Crippen LogP contribution is -2.30. The molecule has 0 saturated heterocycles. The molecule has 1 aliphatic carbocycles. The fraction of sp³-hybridized carbons (Fsp3) is 0.217. The van der Waals surface area contributed by atoms with Gasteiger partial charge in [0.1, 0.15) is 0 Å². The Labute approximate surface area is 155 Å². The zero-order valence-electron chi connectivity index (χ0n) is 14.5. The zero-order chi connectivity index (χ0) is 18.6. The lowest BCUT2D eigenvalue weighted by atomic mass is 9.75. The summed E-state index contributed by atoms with van der Waals surface area (Å²) in [5.41, 5.74) is 1.93. The number of hydrogen-bond donors (Lipinski definition) is 1. The van der Waals surface area contributed by atoms with E-state index in [0.29, 0.717) is 5.56 Å². The molecule has 2 aliphatic rings. The van der Waals surface area contributed by atoms with Crippen molar-refractivity contribution in [3.63, 3.8) is 0 Å². The summed E-state index contributed by atoms with van der Waals surface area (Å²) >= 11 is 0. The van der Waals surface area contributed by atoms with E-state index in [1.807, 2.05) is 24.3 Å². The molecule has 1 aliphatic heterocycles. The summed E-state index contributed by atoms with van der Waals surface area (Å²) in [6.07, 6.45) is 0.673. The molecule has 5 rings (SSSR count). The lowest BCUT2D eigenvalue weighted by molar-refractivity contribution is -0.138. The number of allylic oxidation sites excluding steroid dienone is 2. The van der Waals surface area contributed by atoms with Crippen LogP contribution in [0.4, 0.5) is 18.9 Å². The van der Waals surface area contributed by atoms with Crippen molar-refractivity contribution in [3.05, 3.63) is 89.5 Å². The molecule has 27 heavy (non-hydrogen) atoms. The monoisotopic (exact) mass is 365 g/mol. The smallest absolute Gasteiger partial charge is 0.377 e. The van der Waals surface area contributed by atoms with Crippen molar-refractivity contribution in [1.29, 1.82) is 0 Å². The van der Waals surface area contributed by atoms with Crippen molar-refractivity contribution in [2.75, 3.05) is 5.32 Å². The van der Waals surface area contributed by atoms with Crippen molar-refractivity contribution in [2.45, 2.75) is 24.6 Å². The summed E-state index contributed by atoms with van der Waals surface area (Å²) in [5.74, 6) is 0.222. The van der Waals surface area contributed by atoms with E-state index in [1.165, 1.54) is 17.7 Å². The molecule has 0 saturated carbocycles. The number of fused-ring (bicyclic) bond motifs is 5. The van der Waals surface area contributed by atoms with Crippen LogP contribution in [-0.2, 0) is 6.18 Å². The van der Waals surface area contributed by atoms with Gasteiger partial charge in [-0.05, 0) is 34.9 Å². The molecule has 0 amide bonds. The van der Waals surface area contributed by atoms with Crippen LogP contribution in [0.3, 0.4) is 0 Å². The third-order valence-electron chi connectivity index (χ3n) is 5.86. The van der Waals surface area contributed by atoms with E-state index in [4.69, 9.17) is 0 Å². The minimum atomic E-state index is -4.36. The first-order valence-electron chi connectivity index (χ1n) is 9.15. The van der Waals surface area contributed by atoms with Gasteiger partial charge in [0, 0.05) is 17.0 Å². The van der Waals surface area contributed by atoms with E-state index in [1.54, 1.807) is 12.1 Å². The number of halogens is 3. The predicted molar refractivity (Wildman–Crippen MR) is 102 cm³/mol. The summed E-state index contributed by atoms with van der Waals surface area (Å²) < 4.78 is 41.0. The fourth-order valence-corrected chi connectivity index (χ4v) is 4.67. The van der Waals surface area contributed by atoms with Gasteiger partial charge in [-0.3, -0.25) is 0 Å². The average Bonchev–Trinajstić information content (AvgIpc) is 3.16. The maximum absolute atomic E-state index is 13.7. The third kappa shape index (κ3) is 2.54. The first-order chi connectivity index (χ1) is 13.0. The zero-order valence-corrected chi connectivity index (χ0v) is 14.5. The van der Waals surface area contributed by atoms with Crippen LogP contribution >= 0.6 is 0 Å². The molecule has 3 aromatic rings.